The molecule has 8 rings (SSSR count). The molecule has 3 fully saturated rings. The van der Waals surface area contributed by atoms with Crippen molar-refractivity contribution in [2.24, 2.45) is 5.92 Å². The zero-order valence-corrected chi connectivity index (χ0v) is 24.2. The Morgan fingerprint density at radius 3 is 2.80 bits per heavy atom. The van der Waals surface area contributed by atoms with Crippen LogP contribution in [0.2, 0.25) is 0 Å². The molecule has 4 aromatic rings. The van der Waals surface area contributed by atoms with E-state index >= 15 is 4.39 Å². The van der Waals surface area contributed by atoms with E-state index in [0.29, 0.717) is 72.4 Å². The molecule has 0 radical (unpaired) electrons. The van der Waals surface area contributed by atoms with Crippen molar-refractivity contribution < 1.29 is 22.6 Å². The molecular weight excluding hydrogens is 567 g/mol. The number of ether oxygens (including phenoxy) is 2. The number of benzene rings is 2. The summed E-state index contributed by atoms with van der Waals surface area (Å²) in [7, 11) is 0. The third kappa shape index (κ3) is 4.48. The maximum Gasteiger partial charge on any atom is 0.320 e. The lowest BCUT2D eigenvalue weighted by molar-refractivity contribution is -0.0989. The number of halogens is 3. The fourth-order valence-corrected chi connectivity index (χ4v) is 7.66. The molecule has 10 heteroatoms. The average molecular weight is 600 g/mol. The van der Waals surface area contributed by atoms with E-state index in [1.807, 2.05) is 11.0 Å². The highest BCUT2D eigenvalue weighted by Crippen LogP contribution is 2.42. The minimum absolute atomic E-state index is 0.00596. The third-order valence-electron chi connectivity index (χ3n) is 9.64. The summed E-state index contributed by atoms with van der Waals surface area (Å²) in [5.41, 5.74) is 1.29. The molecule has 5 atom stereocenters. The Labute approximate surface area is 253 Å². The number of aryl methyl sites for hydroxylation is 1. The van der Waals surface area contributed by atoms with E-state index < -0.39 is 17.8 Å². The van der Waals surface area contributed by atoms with Crippen LogP contribution in [0.25, 0.3) is 32.9 Å². The molecule has 2 aromatic heterocycles. The maximum absolute atomic E-state index is 17.0. The van der Waals surface area contributed by atoms with E-state index in [0.717, 1.165) is 32.2 Å². The molecule has 0 saturated carbocycles. The monoisotopic (exact) mass is 599 g/mol. The minimum Gasteiger partial charge on any atom is -0.444 e. The van der Waals surface area contributed by atoms with Crippen molar-refractivity contribution in [2.45, 2.75) is 57.0 Å². The highest BCUT2D eigenvalue weighted by atomic mass is 19.1. The number of nitrogens with zero attached hydrogens (tertiary/aromatic N) is 5. The Hall–Kier alpha value is -3.94. The molecule has 6 heterocycles. The second-order valence-electron chi connectivity index (χ2n) is 12.3. The van der Waals surface area contributed by atoms with Gasteiger partial charge in [0.15, 0.2) is 12.0 Å². The topological polar surface area (TPSA) is 63.6 Å². The van der Waals surface area contributed by atoms with Crippen LogP contribution in [0.3, 0.4) is 0 Å². The first-order chi connectivity index (χ1) is 21.5. The van der Waals surface area contributed by atoms with Gasteiger partial charge in [-0.25, -0.2) is 18.2 Å². The second kappa shape index (κ2) is 10.9. The van der Waals surface area contributed by atoms with Gasteiger partial charge in [-0.3, -0.25) is 4.90 Å². The zero-order valence-electron chi connectivity index (χ0n) is 24.2. The normalized spacial score (nSPS) is 26.5. The Balaban J connectivity index is 1.35. The first kappa shape index (κ1) is 27.6. The van der Waals surface area contributed by atoms with Crippen LogP contribution >= 0.6 is 0 Å². The number of pyridine rings is 1. The summed E-state index contributed by atoms with van der Waals surface area (Å²) in [6.07, 6.45) is 8.83. The Bertz CT molecular complexity index is 1810. The number of alkyl halides is 1. The molecule has 4 aliphatic heterocycles. The van der Waals surface area contributed by atoms with Crippen molar-refractivity contribution in [1.29, 1.82) is 0 Å². The van der Waals surface area contributed by atoms with Crippen LogP contribution in [0.15, 0.2) is 30.3 Å². The first-order valence-electron chi connectivity index (χ1n) is 15.5. The zero-order chi connectivity index (χ0) is 29.9. The fraction of sp³-hybridized carbons (Fsp3) is 0.441. The fourth-order valence-electron chi connectivity index (χ4n) is 7.66. The largest absolute Gasteiger partial charge is 0.444 e. The van der Waals surface area contributed by atoms with Crippen molar-refractivity contribution in [2.75, 3.05) is 37.7 Å². The van der Waals surface area contributed by atoms with Gasteiger partial charge in [0.05, 0.1) is 29.3 Å². The van der Waals surface area contributed by atoms with Crippen LogP contribution in [0.4, 0.5) is 19.0 Å². The standard InChI is InChI=1S/C34H32F3N5O2/c1-2-23-25(36)11-9-19-6-3-8-24(27(19)23)30-29(37)31-28-26(38-30)12-10-22-18-43-15-5-14-42(22)32(28)40-34(39-31)44-33-20-7-4-13-41(33)17-21(35)16-20/h1,3,6,8-9,11,20-22,33H,4-5,7,10,12-18H2/t20-,21-,22+,33?/m1/s1. The van der Waals surface area contributed by atoms with Gasteiger partial charge in [-0.2, -0.15) is 9.97 Å². The summed E-state index contributed by atoms with van der Waals surface area (Å²) < 4.78 is 58.7. The van der Waals surface area contributed by atoms with E-state index in [4.69, 9.17) is 30.8 Å². The lowest BCUT2D eigenvalue weighted by Crippen LogP contribution is -2.55. The number of terminal acetylenes is 1. The van der Waals surface area contributed by atoms with Crippen LogP contribution in [0, 0.1) is 29.9 Å². The number of anilines is 1. The van der Waals surface area contributed by atoms with Crippen LogP contribution in [0.5, 0.6) is 6.01 Å². The SMILES string of the molecule is C#Cc1c(F)ccc2cccc(-c3nc4c5c(nc(OC6[C@@H]7CCCN6C[C@H](F)C7)nc5c3F)N3CCCOC[C@@H]3CC4)c12. The van der Waals surface area contributed by atoms with E-state index in [1.54, 1.807) is 18.2 Å². The van der Waals surface area contributed by atoms with Gasteiger partial charge in [0.2, 0.25) is 0 Å². The lowest BCUT2D eigenvalue weighted by Gasteiger charge is -2.45. The van der Waals surface area contributed by atoms with Gasteiger partial charge in [-0.15, -0.1) is 6.42 Å². The van der Waals surface area contributed by atoms with Crippen LogP contribution in [-0.2, 0) is 11.2 Å². The third-order valence-corrected chi connectivity index (χ3v) is 9.64. The maximum atomic E-state index is 17.0. The summed E-state index contributed by atoms with van der Waals surface area (Å²) >= 11 is 0. The van der Waals surface area contributed by atoms with Crippen LogP contribution in [0.1, 0.15) is 43.4 Å². The van der Waals surface area contributed by atoms with Gasteiger partial charge in [0, 0.05) is 43.1 Å². The molecular formula is C34H32F3N5O2. The number of aromatic nitrogens is 3. The smallest absolute Gasteiger partial charge is 0.320 e. The Morgan fingerprint density at radius 2 is 1.93 bits per heavy atom. The Morgan fingerprint density at radius 1 is 1.02 bits per heavy atom. The number of hydrogen-bond donors (Lipinski definition) is 0. The van der Waals surface area contributed by atoms with Crippen molar-refractivity contribution in [3.63, 3.8) is 0 Å². The summed E-state index contributed by atoms with van der Waals surface area (Å²) in [6, 6.07) is 8.36. The van der Waals surface area contributed by atoms with Gasteiger partial charge in [-0.05, 0) is 50.0 Å². The summed E-state index contributed by atoms with van der Waals surface area (Å²) in [5, 5.41) is 1.67. The van der Waals surface area contributed by atoms with Crippen molar-refractivity contribution in [1.82, 2.24) is 19.9 Å². The van der Waals surface area contributed by atoms with E-state index in [1.165, 1.54) is 6.07 Å². The van der Waals surface area contributed by atoms with E-state index in [9.17, 15) is 8.78 Å². The summed E-state index contributed by atoms with van der Waals surface area (Å²) in [5.74, 6) is 1.85. The molecule has 44 heavy (non-hydrogen) atoms. The Kier molecular flexibility index (Phi) is 6.83. The van der Waals surface area contributed by atoms with E-state index in [-0.39, 0.29) is 41.0 Å². The molecule has 2 aromatic carbocycles. The predicted octanol–water partition coefficient (Wildman–Crippen LogP) is 5.80. The first-order valence-corrected chi connectivity index (χ1v) is 15.5. The van der Waals surface area contributed by atoms with Gasteiger partial charge >= 0.3 is 6.01 Å². The van der Waals surface area contributed by atoms with E-state index in [2.05, 4.69) is 10.8 Å². The van der Waals surface area contributed by atoms with Crippen LogP contribution < -0.4 is 9.64 Å². The molecule has 4 aliphatic rings. The highest BCUT2D eigenvalue weighted by molar-refractivity contribution is 6.02. The number of piperidine rings is 2. The van der Waals surface area contributed by atoms with Crippen molar-refractivity contribution in [3.8, 4) is 29.6 Å². The van der Waals surface area contributed by atoms with Gasteiger partial charge < -0.3 is 14.4 Å². The minimum atomic E-state index is -0.896. The molecule has 7 nitrogen and oxygen atoms in total. The molecule has 2 unspecified atom stereocenters. The summed E-state index contributed by atoms with van der Waals surface area (Å²) in [4.78, 5) is 18.7. The average Bonchev–Trinajstić information content (AvgIpc) is 3.33. The molecule has 0 spiro atoms. The van der Waals surface area contributed by atoms with Crippen LogP contribution in [-0.4, -0.2) is 71.1 Å². The molecule has 3 saturated heterocycles. The predicted molar refractivity (Wildman–Crippen MR) is 161 cm³/mol. The van der Waals surface area contributed by atoms with Crippen molar-refractivity contribution >= 4 is 27.5 Å². The van der Waals surface area contributed by atoms with Crippen molar-refractivity contribution in [3.05, 3.63) is 53.2 Å². The molecule has 0 N–H and O–H groups in total. The number of fused-ring (bicyclic) bond motifs is 5. The quantitative estimate of drug-likeness (QED) is 0.276. The summed E-state index contributed by atoms with van der Waals surface area (Å²) in [6.45, 7) is 2.88. The van der Waals surface area contributed by atoms with Gasteiger partial charge in [0.25, 0.3) is 0 Å². The highest BCUT2D eigenvalue weighted by Gasteiger charge is 2.41. The van der Waals surface area contributed by atoms with Gasteiger partial charge in [-0.1, -0.05) is 30.2 Å². The molecule has 0 aliphatic carbocycles. The second-order valence-corrected chi connectivity index (χ2v) is 12.3. The molecule has 2 bridgehead atoms. The number of hydrogen-bond acceptors (Lipinski definition) is 7. The molecule has 0 amide bonds. The lowest BCUT2D eigenvalue weighted by atomic mass is 9.86. The van der Waals surface area contributed by atoms with Gasteiger partial charge in [0.1, 0.15) is 29.0 Å². The number of rotatable bonds is 3. The molecule has 226 valence electrons.